The number of carbonyl (C=O) groups excluding carboxylic acids is 4. The molecule has 0 radical (unpaired) electrons. The maximum atomic E-state index is 14.6. The fourth-order valence-electron chi connectivity index (χ4n) is 6.96. The Hall–Kier alpha value is -6.52. The van der Waals surface area contributed by atoms with Crippen LogP contribution in [-0.4, -0.2) is 92.7 Å². The summed E-state index contributed by atoms with van der Waals surface area (Å²) in [5, 5.41) is 37.4. The van der Waals surface area contributed by atoms with E-state index in [1.54, 1.807) is 58.9 Å². The van der Waals surface area contributed by atoms with Crippen molar-refractivity contribution in [1.82, 2.24) is 26.6 Å². The van der Waals surface area contributed by atoms with Gasteiger partial charge < -0.3 is 55.2 Å². The fourth-order valence-corrected chi connectivity index (χ4v) is 6.96. The first kappa shape index (κ1) is 50.1. The molecule has 0 saturated heterocycles. The van der Waals surface area contributed by atoms with Gasteiger partial charge in [-0.05, 0) is 47.1 Å². The quantitative estimate of drug-likeness (QED) is 0.0569. The number of ether oxygens (including phenoxy) is 5. The largest absolute Gasteiger partial charge is 0.507 e. The van der Waals surface area contributed by atoms with E-state index in [0.717, 1.165) is 11.1 Å². The van der Waals surface area contributed by atoms with Gasteiger partial charge in [0.15, 0.2) is 11.5 Å². The normalized spacial score (nSPS) is 13.6. The van der Waals surface area contributed by atoms with Crippen LogP contribution in [0.2, 0.25) is 0 Å². The number of benzene rings is 4. The SMILES string of the molecule is COc1ccc(CNC(=O)C(NC(=O)C(NCc2ccc(OC)c(OC)c2OC)C(O)C(Cc2ccccc2)NC(=O)C(NC(=O)OCc2ccccc2)C(C)(C)C)C(C)C)c(O)c1. The number of phenolic OH excluding ortho intramolecular Hbond substituents is 1. The Morgan fingerprint density at radius 2 is 1.28 bits per heavy atom. The van der Waals surface area contributed by atoms with E-state index in [2.05, 4.69) is 26.6 Å². The van der Waals surface area contributed by atoms with Gasteiger partial charge in [0.05, 0.1) is 40.6 Å². The van der Waals surface area contributed by atoms with Crippen molar-refractivity contribution in [3.63, 3.8) is 0 Å². The summed E-state index contributed by atoms with van der Waals surface area (Å²) < 4.78 is 27.4. The van der Waals surface area contributed by atoms with Crippen LogP contribution in [0, 0.1) is 11.3 Å². The van der Waals surface area contributed by atoms with Gasteiger partial charge in [0.2, 0.25) is 23.5 Å². The van der Waals surface area contributed by atoms with Crippen molar-refractivity contribution in [3.8, 4) is 28.7 Å². The molecular formula is C48H63N5O11. The highest BCUT2D eigenvalue weighted by Gasteiger charge is 2.40. The molecule has 4 rings (SSSR count). The van der Waals surface area contributed by atoms with E-state index in [-0.39, 0.29) is 31.9 Å². The number of rotatable bonds is 22. The first-order valence-electron chi connectivity index (χ1n) is 21.0. The average Bonchev–Trinajstić information content (AvgIpc) is 3.28. The Kier molecular flexibility index (Phi) is 18.6. The van der Waals surface area contributed by atoms with Crippen molar-refractivity contribution in [3.05, 3.63) is 113 Å². The van der Waals surface area contributed by atoms with Gasteiger partial charge in [-0.15, -0.1) is 0 Å². The number of hydrogen-bond acceptors (Lipinski definition) is 12. The molecule has 4 aromatic carbocycles. The van der Waals surface area contributed by atoms with E-state index in [4.69, 9.17) is 23.7 Å². The minimum absolute atomic E-state index is 0.0207. The van der Waals surface area contributed by atoms with Crippen molar-refractivity contribution >= 4 is 23.8 Å². The fraction of sp³-hybridized carbons (Fsp3) is 0.417. The lowest BCUT2D eigenvalue weighted by Gasteiger charge is -2.35. The second kappa shape index (κ2) is 23.8. The predicted octanol–water partition coefficient (Wildman–Crippen LogP) is 4.77. The first-order chi connectivity index (χ1) is 30.5. The molecule has 5 atom stereocenters. The highest BCUT2D eigenvalue weighted by atomic mass is 16.5. The molecule has 64 heavy (non-hydrogen) atoms. The second-order valence-electron chi connectivity index (χ2n) is 16.6. The third kappa shape index (κ3) is 14.0. The third-order valence-corrected chi connectivity index (χ3v) is 10.6. The van der Waals surface area contributed by atoms with Crippen LogP contribution in [0.25, 0.3) is 0 Å². The third-order valence-electron chi connectivity index (χ3n) is 10.6. The summed E-state index contributed by atoms with van der Waals surface area (Å²) in [5.41, 5.74) is 1.62. The maximum absolute atomic E-state index is 14.6. The molecule has 0 fully saturated rings. The molecule has 4 amide bonds. The first-order valence-corrected chi connectivity index (χ1v) is 21.0. The van der Waals surface area contributed by atoms with Crippen LogP contribution in [0.4, 0.5) is 4.79 Å². The van der Waals surface area contributed by atoms with Crippen molar-refractivity contribution in [1.29, 1.82) is 0 Å². The van der Waals surface area contributed by atoms with Crippen LogP contribution < -0.4 is 45.5 Å². The lowest BCUT2D eigenvalue weighted by atomic mass is 9.85. The molecule has 0 heterocycles. The molecule has 0 aromatic heterocycles. The lowest BCUT2D eigenvalue weighted by Crippen LogP contribution is -2.63. The number of phenols is 1. The number of carbonyl (C=O) groups is 4. The van der Waals surface area contributed by atoms with Crippen LogP contribution in [-0.2, 0) is 45.2 Å². The Morgan fingerprint density at radius 1 is 0.656 bits per heavy atom. The number of nitrogens with one attached hydrogen (secondary N) is 5. The standard InChI is InChI=1S/C48H63N5O11/c1-29(2)38(44(56)50-26-32-20-22-34(60-6)25-36(32)54)52-45(57)39(49-27-33-21-23-37(61-7)42(63-9)41(33)62-8)40(55)35(24-30-16-12-10-13-17-30)51-46(58)43(48(3,4)5)53-47(59)64-28-31-18-14-11-15-19-31/h10-23,25,29,35,38-40,43,49,54-55H,24,26-28H2,1-9H3,(H,50,56)(H,51,58)(H,52,57)(H,53,59). The molecule has 0 spiro atoms. The van der Waals surface area contributed by atoms with Crippen LogP contribution >= 0.6 is 0 Å². The summed E-state index contributed by atoms with van der Waals surface area (Å²) in [6.45, 7) is 8.71. The van der Waals surface area contributed by atoms with Gasteiger partial charge in [0, 0.05) is 30.3 Å². The van der Waals surface area contributed by atoms with Gasteiger partial charge >= 0.3 is 6.09 Å². The number of aliphatic hydroxyl groups excluding tert-OH is 1. The van der Waals surface area contributed by atoms with E-state index in [1.807, 2.05) is 60.7 Å². The van der Waals surface area contributed by atoms with Crippen LogP contribution in [0.5, 0.6) is 28.7 Å². The number of alkyl carbamates (subject to hydrolysis) is 1. The number of methoxy groups -OCH3 is 4. The molecule has 0 aliphatic rings. The van der Waals surface area contributed by atoms with E-state index < -0.39 is 65.4 Å². The number of amides is 4. The number of aromatic hydroxyl groups is 1. The van der Waals surface area contributed by atoms with Gasteiger partial charge in [-0.3, -0.25) is 19.7 Å². The summed E-state index contributed by atoms with van der Waals surface area (Å²) in [7, 11) is 5.88. The highest BCUT2D eigenvalue weighted by Crippen LogP contribution is 2.39. The maximum Gasteiger partial charge on any atom is 0.408 e. The molecule has 0 aliphatic carbocycles. The van der Waals surface area contributed by atoms with E-state index in [9.17, 15) is 29.4 Å². The van der Waals surface area contributed by atoms with Crippen LogP contribution in [0.15, 0.2) is 91.0 Å². The van der Waals surface area contributed by atoms with Crippen molar-refractivity contribution in [2.75, 3.05) is 28.4 Å². The number of aliphatic hydroxyl groups is 1. The molecule has 7 N–H and O–H groups in total. The minimum atomic E-state index is -1.65. The zero-order chi connectivity index (χ0) is 47.0. The molecule has 0 bridgehead atoms. The Balaban J connectivity index is 1.68. The summed E-state index contributed by atoms with van der Waals surface area (Å²) in [4.78, 5) is 55.9. The van der Waals surface area contributed by atoms with Gasteiger partial charge in [0.1, 0.15) is 36.2 Å². The second-order valence-corrected chi connectivity index (χ2v) is 16.6. The summed E-state index contributed by atoms with van der Waals surface area (Å²) >= 11 is 0. The van der Waals surface area contributed by atoms with Crippen molar-refractivity contribution in [2.24, 2.45) is 11.3 Å². The Bertz CT molecular complexity index is 2150. The summed E-state index contributed by atoms with van der Waals surface area (Å²) in [6.07, 6.45) is -2.40. The van der Waals surface area contributed by atoms with E-state index >= 15 is 0 Å². The minimum Gasteiger partial charge on any atom is -0.507 e. The monoisotopic (exact) mass is 885 g/mol. The predicted molar refractivity (Wildman–Crippen MR) is 241 cm³/mol. The average molecular weight is 886 g/mol. The smallest absolute Gasteiger partial charge is 0.408 e. The van der Waals surface area contributed by atoms with E-state index in [1.165, 1.54) is 34.5 Å². The molecular weight excluding hydrogens is 823 g/mol. The van der Waals surface area contributed by atoms with Crippen molar-refractivity contribution in [2.45, 2.75) is 91.0 Å². The summed E-state index contributed by atoms with van der Waals surface area (Å²) in [5.74, 6) is -0.973. The molecule has 0 saturated carbocycles. The molecule has 16 heteroatoms. The zero-order valence-corrected chi connectivity index (χ0v) is 38.0. The van der Waals surface area contributed by atoms with Gasteiger partial charge in [-0.2, -0.15) is 0 Å². The topological polar surface area (TPSA) is 215 Å². The van der Waals surface area contributed by atoms with Crippen LogP contribution in [0.3, 0.4) is 0 Å². The Labute approximate surface area is 375 Å². The van der Waals surface area contributed by atoms with Gasteiger partial charge in [-0.1, -0.05) is 101 Å². The molecule has 346 valence electrons. The molecule has 0 aliphatic heterocycles. The van der Waals surface area contributed by atoms with E-state index in [0.29, 0.717) is 34.1 Å². The Morgan fingerprint density at radius 3 is 1.84 bits per heavy atom. The van der Waals surface area contributed by atoms with Crippen LogP contribution in [0.1, 0.15) is 56.9 Å². The number of hydrogen-bond donors (Lipinski definition) is 7. The summed E-state index contributed by atoms with van der Waals surface area (Å²) in [6, 6.07) is 21.4. The van der Waals surface area contributed by atoms with Crippen molar-refractivity contribution < 1.29 is 53.1 Å². The van der Waals surface area contributed by atoms with Gasteiger partial charge in [0.25, 0.3) is 0 Å². The molecule has 16 nitrogen and oxygen atoms in total. The van der Waals surface area contributed by atoms with Gasteiger partial charge in [-0.25, -0.2) is 4.79 Å². The molecule has 5 unspecified atom stereocenters. The highest BCUT2D eigenvalue weighted by molar-refractivity contribution is 5.91. The molecule has 4 aromatic rings. The lowest BCUT2D eigenvalue weighted by molar-refractivity contribution is -0.134. The zero-order valence-electron chi connectivity index (χ0n) is 38.0.